The summed E-state index contributed by atoms with van der Waals surface area (Å²) in [5.74, 6) is 0.505. The molecule has 0 aromatic carbocycles. The van der Waals surface area contributed by atoms with E-state index in [1.54, 1.807) is 0 Å². The van der Waals surface area contributed by atoms with Crippen LogP contribution in [0.2, 0.25) is 0 Å². The van der Waals surface area contributed by atoms with Crippen molar-refractivity contribution in [1.82, 2.24) is 15.0 Å². The van der Waals surface area contributed by atoms with Crippen LogP contribution in [0.15, 0.2) is 6.20 Å². The summed E-state index contributed by atoms with van der Waals surface area (Å²) in [6.45, 7) is 6.48. The summed E-state index contributed by atoms with van der Waals surface area (Å²) in [7, 11) is 0. The largest absolute Gasteiger partial charge is 0.246 e. The first-order valence-corrected chi connectivity index (χ1v) is 5.65. The Hall–Kier alpha value is -0.130. The van der Waals surface area contributed by atoms with Gasteiger partial charge in [-0.05, 0) is 12.8 Å². The summed E-state index contributed by atoms with van der Waals surface area (Å²) >= 11 is 2.37. The molecule has 68 valence electrons. The normalized spacial score (nSPS) is 13.8. The van der Waals surface area contributed by atoms with Crippen molar-refractivity contribution < 1.29 is 0 Å². The van der Waals surface area contributed by atoms with Gasteiger partial charge in [0.2, 0.25) is 0 Å². The van der Waals surface area contributed by atoms with Gasteiger partial charge >= 0.3 is 0 Å². The zero-order chi connectivity index (χ0) is 9.14. The molecule has 1 unspecified atom stereocenters. The molecule has 1 aromatic rings. The Bertz CT molecular complexity index is 244. The van der Waals surface area contributed by atoms with Crippen LogP contribution in [0.1, 0.15) is 38.4 Å². The lowest BCUT2D eigenvalue weighted by Crippen LogP contribution is -2.12. The third-order valence-corrected chi connectivity index (χ3v) is 3.11. The van der Waals surface area contributed by atoms with E-state index >= 15 is 0 Å². The first-order chi connectivity index (χ1) is 5.66. The van der Waals surface area contributed by atoms with E-state index in [1.807, 2.05) is 10.9 Å². The molecule has 1 rings (SSSR count). The van der Waals surface area contributed by atoms with E-state index in [2.05, 4.69) is 53.7 Å². The van der Waals surface area contributed by atoms with Crippen LogP contribution in [0.5, 0.6) is 0 Å². The highest BCUT2D eigenvalue weighted by atomic mass is 127. The lowest BCUT2D eigenvalue weighted by molar-refractivity contribution is 0.495. The van der Waals surface area contributed by atoms with Crippen LogP contribution in [0.4, 0.5) is 0 Å². The molecule has 12 heavy (non-hydrogen) atoms. The van der Waals surface area contributed by atoms with Crippen LogP contribution in [0.25, 0.3) is 0 Å². The molecule has 0 N–H and O–H groups in total. The van der Waals surface area contributed by atoms with Crippen molar-refractivity contribution in [3.63, 3.8) is 0 Å². The van der Waals surface area contributed by atoms with Crippen molar-refractivity contribution in [2.24, 2.45) is 0 Å². The molecule has 0 aliphatic carbocycles. The molecule has 0 radical (unpaired) electrons. The molecule has 3 nitrogen and oxygen atoms in total. The molecular formula is C8H14IN3. The summed E-state index contributed by atoms with van der Waals surface area (Å²) in [5.41, 5.74) is 1.22. The average molecular weight is 279 g/mol. The van der Waals surface area contributed by atoms with E-state index in [9.17, 15) is 0 Å². The summed E-state index contributed by atoms with van der Waals surface area (Å²) in [6, 6.07) is 0.450. The SMILES string of the molecule is CC(C)c1cnnn1C(C)CI. The minimum atomic E-state index is 0.450. The quantitative estimate of drug-likeness (QED) is 0.628. The third kappa shape index (κ3) is 1.97. The highest BCUT2D eigenvalue weighted by molar-refractivity contribution is 14.1. The van der Waals surface area contributed by atoms with E-state index in [4.69, 9.17) is 0 Å². The van der Waals surface area contributed by atoms with E-state index < -0.39 is 0 Å². The molecule has 1 aromatic heterocycles. The van der Waals surface area contributed by atoms with Crippen LogP contribution in [-0.2, 0) is 0 Å². The van der Waals surface area contributed by atoms with Crippen LogP contribution in [-0.4, -0.2) is 19.4 Å². The average Bonchev–Trinajstić information content (AvgIpc) is 2.50. The maximum absolute atomic E-state index is 4.07. The third-order valence-electron chi connectivity index (χ3n) is 1.83. The predicted molar refractivity (Wildman–Crippen MR) is 57.7 cm³/mol. The first-order valence-electron chi connectivity index (χ1n) is 4.12. The highest BCUT2D eigenvalue weighted by Crippen LogP contribution is 2.17. The first kappa shape index (κ1) is 9.95. The summed E-state index contributed by atoms with van der Waals surface area (Å²) in [5, 5.41) is 7.99. The topological polar surface area (TPSA) is 30.7 Å². The molecule has 0 bridgehead atoms. The van der Waals surface area contributed by atoms with E-state index in [-0.39, 0.29) is 0 Å². The number of nitrogens with zero attached hydrogens (tertiary/aromatic N) is 3. The smallest absolute Gasteiger partial charge is 0.0727 e. The van der Waals surface area contributed by atoms with Gasteiger partial charge in [-0.3, -0.25) is 0 Å². The van der Waals surface area contributed by atoms with Crippen molar-refractivity contribution >= 4 is 22.6 Å². The number of aromatic nitrogens is 3. The fraction of sp³-hybridized carbons (Fsp3) is 0.750. The standard InChI is InChI=1S/C8H14IN3/c1-6(2)8-5-10-11-12(8)7(3)4-9/h5-7H,4H2,1-3H3. The van der Waals surface area contributed by atoms with Crippen molar-refractivity contribution in [2.75, 3.05) is 4.43 Å². The van der Waals surface area contributed by atoms with Gasteiger partial charge in [-0.25, -0.2) is 4.68 Å². The van der Waals surface area contributed by atoms with Crippen molar-refractivity contribution in [2.45, 2.75) is 32.7 Å². The fourth-order valence-electron chi connectivity index (χ4n) is 1.07. The van der Waals surface area contributed by atoms with Crippen LogP contribution >= 0.6 is 22.6 Å². The lowest BCUT2D eigenvalue weighted by Gasteiger charge is -2.13. The second kappa shape index (κ2) is 4.20. The van der Waals surface area contributed by atoms with Gasteiger partial charge in [0, 0.05) is 4.43 Å². The second-order valence-electron chi connectivity index (χ2n) is 3.26. The van der Waals surface area contributed by atoms with Gasteiger partial charge in [0.15, 0.2) is 0 Å². The molecule has 0 aliphatic heterocycles. The Morgan fingerprint density at radius 2 is 2.17 bits per heavy atom. The van der Waals surface area contributed by atoms with Crippen molar-refractivity contribution in [3.05, 3.63) is 11.9 Å². The zero-order valence-electron chi connectivity index (χ0n) is 7.66. The minimum Gasteiger partial charge on any atom is -0.246 e. The molecule has 0 saturated carbocycles. The van der Waals surface area contributed by atoms with Crippen molar-refractivity contribution in [1.29, 1.82) is 0 Å². The van der Waals surface area contributed by atoms with Gasteiger partial charge in [-0.1, -0.05) is 41.7 Å². The van der Waals surface area contributed by atoms with Crippen LogP contribution < -0.4 is 0 Å². The van der Waals surface area contributed by atoms with E-state index in [1.165, 1.54) is 5.69 Å². The van der Waals surface area contributed by atoms with Crippen molar-refractivity contribution in [3.8, 4) is 0 Å². The predicted octanol–water partition coefficient (Wildman–Crippen LogP) is 2.40. The van der Waals surface area contributed by atoms with E-state index in [0.29, 0.717) is 12.0 Å². The molecule has 4 heteroatoms. The summed E-state index contributed by atoms with van der Waals surface area (Å²) < 4.78 is 3.08. The Balaban J connectivity index is 2.91. The Morgan fingerprint density at radius 1 is 1.50 bits per heavy atom. The Morgan fingerprint density at radius 3 is 2.67 bits per heavy atom. The summed E-state index contributed by atoms with van der Waals surface area (Å²) in [4.78, 5) is 0. The molecule has 0 aliphatic rings. The number of rotatable bonds is 3. The lowest BCUT2D eigenvalue weighted by atomic mass is 10.1. The number of hydrogen-bond donors (Lipinski definition) is 0. The molecular weight excluding hydrogens is 265 g/mol. The molecule has 0 spiro atoms. The zero-order valence-corrected chi connectivity index (χ0v) is 9.82. The monoisotopic (exact) mass is 279 g/mol. The van der Waals surface area contributed by atoms with Gasteiger partial charge in [0.05, 0.1) is 17.9 Å². The maximum Gasteiger partial charge on any atom is 0.0727 e. The highest BCUT2D eigenvalue weighted by Gasteiger charge is 2.11. The summed E-state index contributed by atoms with van der Waals surface area (Å²) in [6.07, 6.45) is 1.85. The van der Waals surface area contributed by atoms with Gasteiger partial charge in [0.25, 0.3) is 0 Å². The van der Waals surface area contributed by atoms with Crippen LogP contribution in [0, 0.1) is 0 Å². The van der Waals surface area contributed by atoms with E-state index in [0.717, 1.165) is 4.43 Å². The minimum absolute atomic E-state index is 0.450. The number of alkyl halides is 1. The molecule has 0 saturated heterocycles. The Labute approximate surface area is 86.7 Å². The Kier molecular flexibility index (Phi) is 3.49. The number of hydrogen-bond acceptors (Lipinski definition) is 2. The number of halogens is 1. The molecule has 0 fully saturated rings. The fourth-order valence-corrected chi connectivity index (χ4v) is 1.45. The van der Waals surface area contributed by atoms with Gasteiger partial charge in [-0.15, -0.1) is 5.10 Å². The van der Waals surface area contributed by atoms with Gasteiger partial charge in [0.1, 0.15) is 0 Å². The second-order valence-corrected chi connectivity index (χ2v) is 4.14. The van der Waals surface area contributed by atoms with Gasteiger partial charge < -0.3 is 0 Å². The maximum atomic E-state index is 4.07. The molecule has 0 amide bonds. The van der Waals surface area contributed by atoms with Crippen LogP contribution in [0.3, 0.4) is 0 Å². The molecule has 1 heterocycles. The molecule has 1 atom stereocenters. The van der Waals surface area contributed by atoms with Gasteiger partial charge in [-0.2, -0.15) is 0 Å².